The van der Waals surface area contributed by atoms with Crippen molar-refractivity contribution in [3.63, 3.8) is 0 Å². The predicted octanol–water partition coefficient (Wildman–Crippen LogP) is 3.46. The highest BCUT2D eigenvalue weighted by atomic mass is 16.6. The number of hydrogen-bond acceptors (Lipinski definition) is 5. The number of rotatable bonds is 3. The lowest BCUT2D eigenvalue weighted by Crippen LogP contribution is -2.26. The van der Waals surface area contributed by atoms with E-state index in [0.29, 0.717) is 12.8 Å². The number of ether oxygens (including phenoxy) is 2. The van der Waals surface area contributed by atoms with E-state index in [4.69, 9.17) is 9.47 Å². The van der Waals surface area contributed by atoms with Gasteiger partial charge >= 0.3 is 5.97 Å². The number of carbonyl (C=O) groups excluding carboxylic acids is 1. The average molecular weight is 379 g/mol. The minimum absolute atomic E-state index is 0.128. The Kier molecular flexibility index (Phi) is 7.43. The Bertz CT molecular complexity index is 620. The van der Waals surface area contributed by atoms with Crippen LogP contribution in [0, 0.1) is 5.92 Å². The van der Waals surface area contributed by atoms with E-state index < -0.39 is 12.2 Å². The van der Waals surface area contributed by atoms with Crippen molar-refractivity contribution in [1.29, 1.82) is 0 Å². The smallest absolute Gasteiger partial charge is 0.302 e. The van der Waals surface area contributed by atoms with Crippen molar-refractivity contribution in [2.24, 2.45) is 5.92 Å². The molecule has 1 heterocycles. The number of aliphatic hydroxyl groups excluding tert-OH is 2. The van der Waals surface area contributed by atoms with Crippen LogP contribution in [-0.2, 0) is 14.3 Å². The normalized spacial score (nSPS) is 39.0. The highest BCUT2D eigenvalue weighted by Gasteiger charge is 2.50. The standard InChI is InChI=1S/C22H34O5/c1-14(2)18-12-19(24)15(3)7-6-10-22(5)21(27-22)9-8-17(11-20(18)25)13-26-16(4)23/h7,11,18-21,24-25H,1,6,8-10,12-13H2,2-5H3/b15-7+,17-11+/t18-,19+,20+,21-,22-/m1/s1. The molecule has 27 heavy (non-hydrogen) atoms. The Hall–Kier alpha value is -1.43. The topological polar surface area (TPSA) is 79.3 Å². The van der Waals surface area contributed by atoms with Crippen LogP contribution in [0.15, 0.2) is 35.5 Å². The van der Waals surface area contributed by atoms with Gasteiger partial charge in [0.05, 0.1) is 23.9 Å². The molecule has 5 heteroatoms. The van der Waals surface area contributed by atoms with Crippen molar-refractivity contribution in [2.75, 3.05) is 6.61 Å². The molecule has 1 aliphatic carbocycles. The Morgan fingerprint density at radius 1 is 1.41 bits per heavy atom. The lowest BCUT2D eigenvalue weighted by Gasteiger charge is -2.25. The van der Waals surface area contributed by atoms with E-state index in [1.165, 1.54) is 6.92 Å². The van der Waals surface area contributed by atoms with Crippen LogP contribution < -0.4 is 0 Å². The Morgan fingerprint density at radius 3 is 2.74 bits per heavy atom. The van der Waals surface area contributed by atoms with Gasteiger partial charge in [0.15, 0.2) is 0 Å². The number of carbonyl (C=O) groups is 1. The van der Waals surface area contributed by atoms with E-state index >= 15 is 0 Å². The first-order chi connectivity index (χ1) is 12.6. The van der Waals surface area contributed by atoms with Gasteiger partial charge in [0.2, 0.25) is 0 Å². The molecule has 0 spiro atoms. The SMILES string of the molecule is C=C(C)[C@H]1C[C@H](O)/C(C)=C/CC[C@@]2(C)O[C@@H]2CC/C(COC(C)=O)=C\[C@@H]1O. The summed E-state index contributed by atoms with van der Waals surface area (Å²) in [6.07, 6.45) is 6.31. The first-order valence-corrected chi connectivity index (χ1v) is 9.81. The van der Waals surface area contributed by atoms with Gasteiger partial charge in [-0.3, -0.25) is 4.79 Å². The molecule has 5 nitrogen and oxygen atoms in total. The van der Waals surface area contributed by atoms with Crippen molar-refractivity contribution in [3.05, 3.63) is 35.5 Å². The molecule has 0 aromatic carbocycles. The second kappa shape index (κ2) is 9.18. The summed E-state index contributed by atoms with van der Waals surface area (Å²) in [6.45, 7) is 11.4. The maximum Gasteiger partial charge on any atom is 0.302 e. The second-order valence-corrected chi connectivity index (χ2v) is 8.24. The molecule has 1 fully saturated rings. The van der Waals surface area contributed by atoms with Crippen molar-refractivity contribution >= 4 is 5.97 Å². The Balaban J connectivity index is 2.24. The summed E-state index contributed by atoms with van der Waals surface area (Å²) < 4.78 is 11.1. The minimum Gasteiger partial charge on any atom is -0.461 e. The third-order valence-corrected chi connectivity index (χ3v) is 5.79. The lowest BCUT2D eigenvalue weighted by atomic mass is 9.85. The quantitative estimate of drug-likeness (QED) is 0.447. The molecule has 1 aliphatic heterocycles. The molecule has 1 saturated heterocycles. The molecule has 0 saturated carbocycles. The fraction of sp³-hybridized carbons (Fsp3) is 0.682. The summed E-state index contributed by atoms with van der Waals surface area (Å²) in [5.41, 5.74) is 2.48. The summed E-state index contributed by atoms with van der Waals surface area (Å²) in [6, 6.07) is 0. The van der Waals surface area contributed by atoms with Gasteiger partial charge in [-0.15, -0.1) is 0 Å². The molecule has 0 radical (unpaired) electrons. The molecular formula is C22H34O5. The van der Waals surface area contributed by atoms with Crippen molar-refractivity contribution in [3.8, 4) is 0 Å². The van der Waals surface area contributed by atoms with Gasteiger partial charge in [0, 0.05) is 12.8 Å². The maximum atomic E-state index is 11.2. The number of esters is 1. The van der Waals surface area contributed by atoms with Crippen LogP contribution in [0.2, 0.25) is 0 Å². The number of fused-ring (bicyclic) bond motifs is 1. The van der Waals surface area contributed by atoms with Crippen LogP contribution in [0.1, 0.15) is 59.8 Å². The molecule has 0 aromatic heterocycles. The monoisotopic (exact) mass is 378 g/mol. The van der Waals surface area contributed by atoms with Crippen LogP contribution in [0.4, 0.5) is 0 Å². The van der Waals surface area contributed by atoms with E-state index in [2.05, 4.69) is 19.6 Å². The van der Waals surface area contributed by atoms with Crippen LogP contribution in [0.25, 0.3) is 0 Å². The Labute approximate surface area is 162 Å². The third kappa shape index (κ3) is 6.30. The zero-order chi connectivity index (χ0) is 20.2. The third-order valence-electron chi connectivity index (χ3n) is 5.79. The van der Waals surface area contributed by atoms with Gasteiger partial charge in [0.25, 0.3) is 0 Å². The van der Waals surface area contributed by atoms with E-state index in [9.17, 15) is 15.0 Å². The minimum atomic E-state index is -0.787. The predicted molar refractivity (Wildman–Crippen MR) is 105 cm³/mol. The van der Waals surface area contributed by atoms with Crippen LogP contribution >= 0.6 is 0 Å². The molecule has 2 N–H and O–H groups in total. The summed E-state index contributed by atoms with van der Waals surface area (Å²) in [5, 5.41) is 21.3. The van der Waals surface area contributed by atoms with Crippen molar-refractivity contribution in [1.82, 2.24) is 0 Å². The van der Waals surface area contributed by atoms with Gasteiger partial charge in [-0.05, 0) is 64.0 Å². The summed E-state index contributed by atoms with van der Waals surface area (Å²) >= 11 is 0. The first-order valence-electron chi connectivity index (χ1n) is 9.81. The molecule has 0 bridgehead atoms. The molecule has 0 aromatic rings. The fourth-order valence-corrected chi connectivity index (χ4v) is 3.73. The van der Waals surface area contributed by atoms with Crippen LogP contribution in [0.3, 0.4) is 0 Å². The zero-order valence-electron chi connectivity index (χ0n) is 17.0. The summed E-state index contributed by atoms with van der Waals surface area (Å²) in [4.78, 5) is 11.2. The van der Waals surface area contributed by atoms with Gasteiger partial charge in [-0.25, -0.2) is 0 Å². The fourth-order valence-electron chi connectivity index (χ4n) is 3.73. The van der Waals surface area contributed by atoms with Gasteiger partial charge in [0.1, 0.15) is 6.61 Å². The van der Waals surface area contributed by atoms with Crippen molar-refractivity contribution in [2.45, 2.75) is 83.7 Å². The number of hydrogen-bond donors (Lipinski definition) is 2. The highest BCUT2D eigenvalue weighted by molar-refractivity contribution is 5.66. The van der Waals surface area contributed by atoms with Crippen LogP contribution in [0.5, 0.6) is 0 Å². The van der Waals surface area contributed by atoms with Gasteiger partial charge in [-0.1, -0.05) is 24.3 Å². The first kappa shape index (κ1) is 21.9. The van der Waals surface area contributed by atoms with E-state index in [-0.39, 0.29) is 30.2 Å². The molecule has 2 rings (SSSR count). The van der Waals surface area contributed by atoms with Gasteiger partial charge in [-0.2, -0.15) is 0 Å². The summed E-state index contributed by atoms with van der Waals surface area (Å²) in [7, 11) is 0. The average Bonchev–Trinajstić information content (AvgIpc) is 3.23. The Morgan fingerprint density at radius 2 is 2.11 bits per heavy atom. The van der Waals surface area contributed by atoms with Crippen LogP contribution in [-0.4, -0.2) is 46.7 Å². The molecule has 152 valence electrons. The number of allylic oxidation sites excluding steroid dienone is 1. The second-order valence-electron chi connectivity index (χ2n) is 8.24. The summed E-state index contributed by atoms with van der Waals surface area (Å²) in [5.74, 6) is -0.606. The molecule has 0 amide bonds. The number of epoxide rings is 1. The molecule has 5 atom stereocenters. The van der Waals surface area contributed by atoms with Crippen molar-refractivity contribution < 1.29 is 24.5 Å². The number of aliphatic hydroxyl groups is 2. The molecular weight excluding hydrogens is 344 g/mol. The van der Waals surface area contributed by atoms with Gasteiger partial charge < -0.3 is 19.7 Å². The van der Waals surface area contributed by atoms with E-state index in [1.54, 1.807) is 6.08 Å². The lowest BCUT2D eigenvalue weighted by molar-refractivity contribution is -0.140. The zero-order valence-corrected chi connectivity index (χ0v) is 17.0. The molecule has 0 unspecified atom stereocenters. The largest absolute Gasteiger partial charge is 0.461 e. The molecule has 2 aliphatic rings. The maximum absolute atomic E-state index is 11.2. The van der Waals surface area contributed by atoms with E-state index in [1.807, 2.05) is 13.8 Å². The highest BCUT2D eigenvalue weighted by Crippen LogP contribution is 2.43. The van der Waals surface area contributed by atoms with E-state index in [0.717, 1.165) is 36.0 Å².